The molecule has 1 heterocycles. The molecule has 2 aromatic rings. The quantitative estimate of drug-likeness (QED) is 0.752. The van der Waals surface area contributed by atoms with Crippen molar-refractivity contribution in [1.29, 1.82) is 0 Å². The first-order valence-corrected chi connectivity index (χ1v) is 5.42. The van der Waals surface area contributed by atoms with E-state index in [9.17, 15) is 0 Å². The van der Waals surface area contributed by atoms with Crippen LogP contribution in [0.5, 0.6) is 0 Å². The molecule has 78 valence electrons. The summed E-state index contributed by atoms with van der Waals surface area (Å²) in [5, 5.41) is 0.668. The van der Waals surface area contributed by atoms with Gasteiger partial charge in [0.1, 0.15) is 0 Å². The molecule has 0 amide bonds. The molecule has 0 spiro atoms. The third-order valence-electron chi connectivity index (χ3n) is 2.16. The summed E-state index contributed by atoms with van der Waals surface area (Å²) in [4.78, 5) is 3.97. The van der Waals surface area contributed by atoms with Crippen LogP contribution in [-0.2, 0) is 6.54 Å². The molecule has 1 unspecified atom stereocenters. The van der Waals surface area contributed by atoms with Gasteiger partial charge in [0.2, 0.25) is 0 Å². The molecular weight excluding hydrogens is 231 g/mol. The lowest BCUT2D eigenvalue weighted by atomic mass is 10.1. The van der Waals surface area contributed by atoms with Gasteiger partial charge in [-0.1, -0.05) is 23.7 Å². The molecule has 0 saturated heterocycles. The Morgan fingerprint density at radius 3 is 2.60 bits per heavy atom. The smallest absolute Gasteiger partial charge is 0.0946 e. The van der Waals surface area contributed by atoms with Crippen LogP contribution in [0.3, 0.4) is 0 Å². The Morgan fingerprint density at radius 1 is 1.27 bits per heavy atom. The second kappa shape index (κ2) is 4.69. The molecular formula is C11H10Cl2N2. The Balaban J connectivity index is 2.08. The number of alkyl halides is 1. The molecule has 0 N–H and O–H groups in total. The molecule has 0 aliphatic heterocycles. The minimum atomic E-state index is -0.0588. The van der Waals surface area contributed by atoms with Crippen LogP contribution >= 0.6 is 23.2 Å². The van der Waals surface area contributed by atoms with Crippen molar-refractivity contribution in [3.8, 4) is 0 Å². The number of rotatable bonds is 3. The van der Waals surface area contributed by atoms with Crippen molar-refractivity contribution in [1.82, 2.24) is 9.55 Å². The van der Waals surface area contributed by atoms with Gasteiger partial charge in [-0.15, -0.1) is 11.6 Å². The van der Waals surface area contributed by atoms with Gasteiger partial charge < -0.3 is 4.57 Å². The van der Waals surface area contributed by atoms with Crippen molar-refractivity contribution in [2.75, 3.05) is 0 Å². The van der Waals surface area contributed by atoms with Gasteiger partial charge in [0.25, 0.3) is 0 Å². The first kappa shape index (κ1) is 10.5. The van der Waals surface area contributed by atoms with Gasteiger partial charge in [0, 0.05) is 24.0 Å². The zero-order valence-corrected chi connectivity index (χ0v) is 9.49. The second-order valence-electron chi connectivity index (χ2n) is 3.28. The van der Waals surface area contributed by atoms with Crippen LogP contribution in [0.4, 0.5) is 0 Å². The van der Waals surface area contributed by atoms with E-state index in [1.54, 1.807) is 12.5 Å². The van der Waals surface area contributed by atoms with E-state index in [1.807, 2.05) is 35.0 Å². The highest BCUT2D eigenvalue weighted by Gasteiger charge is 2.07. The number of aromatic nitrogens is 2. The lowest BCUT2D eigenvalue weighted by Gasteiger charge is -2.10. The first-order valence-electron chi connectivity index (χ1n) is 4.61. The van der Waals surface area contributed by atoms with Crippen molar-refractivity contribution in [2.45, 2.75) is 11.9 Å². The highest BCUT2D eigenvalue weighted by atomic mass is 35.5. The fourth-order valence-electron chi connectivity index (χ4n) is 1.36. The molecule has 0 fully saturated rings. The van der Waals surface area contributed by atoms with Crippen molar-refractivity contribution < 1.29 is 0 Å². The standard InChI is InChI=1S/C11H10Cl2N2/c12-10-3-1-9(2-4-10)11(13)7-15-6-5-14-8-15/h1-6,8,11H,7H2. The van der Waals surface area contributed by atoms with Crippen LogP contribution in [0, 0.1) is 0 Å². The predicted molar refractivity (Wildman–Crippen MR) is 62.3 cm³/mol. The van der Waals surface area contributed by atoms with Crippen molar-refractivity contribution in [2.24, 2.45) is 0 Å². The number of imidazole rings is 1. The fraction of sp³-hybridized carbons (Fsp3) is 0.182. The summed E-state index contributed by atoms with van der Waals surface area (Å²) in [6.45, 7) is 0.711. The van der Waals surface area contributed by atoms with Gasteiger partial charge in [-0.25, -0.2) is 4.98 Å². The van der Waals surface area contributed by atoms with E-state index in [-0.39, 0.29) is 5.38 Å². The molecule has 0 bridgehead atoms. The van der Waals surface area contributed by atoms with Crippen LogP contribution < -0.4 is 0 Å². The Labute approximate surface area is 98.5 Å². The SMILES string of the molecule is Clc1ccc(C(Cl)Cn2ccnc2)cc1. The van der Waals surface area contributed by atoms with Crippen molar-refractivity contribution in [3.63, 3.8) is 0 Å². The van der Waals surface area contributed by atoms with Gasteiger partial charge in [-0.2, -0.15) is 0 Å². The molecule has 2 nitrogen and oxygen atoms in total. The van der Waals surface area contributed by atoms with Crippen LogP contribution in [0.15, 0.2) is 43.0 Å². The topological polar surface area (TPSA) is 17.8 Å². The molecule has 2 rings (SSSR count). The van der Waals surface area contributed by atoms with Crippen molar-refractivity contribution in [3.05, 3.63) is 53.6 Å². The maximum Gasteiger partial charge on any atom is 0.0946 e. The summed E-state index contributed by atoms with van der Waals surface area (Å²) in [7, 11) is 0. The van der Waals surface area contributed by atoms with Crippen LogP contribution in [-0.4, -0.2) is 9.55 Å². The summed E-state index contributed by atoms with van der Waals surface area (Å²) in [6.07, 6.45) is 5.39. The highest BCUT2D eigenvalue weighted by molar-refractivity contribution is 6.30. The highest BCUT2D eigenvalue weighted by Crippen LogP contribution is 2.23. The maximum absolute atomic E-state index is 6.26. The summed E-state index contributed by atoms with van der Waals surface area (Å²) in [6, 6.07) is 7.58. The largest absolute Gasteiger partial charge is 0.336 e. The minimum absolute atomic E-state index is 0.0588. The van der Waals surface area contributed by atoms with Crippen molar-refractivity contribution >= 4 is 23.2 Å². The summed E-state index contributed by atoms with van der Waals surface area (Å²) < 4.78 is 1.95. The molecule has 0 aliphatic carbocycles. The molecule has 0 aliphatic rings. The number of benzene rings is 1. The third kappa shape index (κ3) is 2.74. The number of halogens is 2. The van der Waals surface area contributed by atoms with Gasteiger partial charge in [-0.3, -0.25) is 0 Å². The van der Waals surface area contributed by atoms with Gasteiger partial charge in [-0.05, 0) is 17.7 Å². The van der Waals surface area contributed by atoms with Gasteiger partial charge in [0.15, 0.2) is 0 Å². The van der Waals surface area contributed by atoms with E-state index in [1.165, 1.54) is 0 Å². The zero-order chi connectivity index (χ0) is 10.7. The summed E-state index contributed by atoms with van der Waals surface area (Å²) in [5.41, 5.74) is 1.06. The Hall–Kier alpha value is -0.990. The van der Waals surface area contributed by atoms with E-state index < -0.39 is 0 Å². The van der Waals surface area contributed by atoms with Gasteiger partial charge in [0.05, 0.1) is 11.7 Å². The number of hydrogen-bond donors (Lipinski definition) is 0. The molecule has 1 aromatic heterocycles. The second-order valence-corrected chi connectivity index (χ2v) is 4.24. The fourth-order valence-corrected chi connectivity index (χ4v) is 1.79. The lowest BCUT2D eigenvalue weighted by molar-refractivity contribution is 0.677. The predicted octanol–water partition coefficient (Wildman–Crippen LogP) is 3.52. The zero-order valence-electron chi connectivity index (χ0n) is 7.98. The van der Waals surface area contributed by atoms with Crippen LogP contribution in [0.2, 0.25) is 5.02 Å². The Morgan fingerprint density at radius 2 is 2.00 bits per heavy atom. The Bertz CT molecular complexity index is 409. The van der Waals surface area contributed by atoms with Gasteiger partial charge >= 0.3 is 0 Å². The molecule has 15 heavy (non-hydrogen) atoms. The lowest BCUT2D eigenvalue weighted by Crippen LogP contribution is -2.01. The molecule has 0 radical (unpaired) electrons. The summed E-state index contributed by atoms with van der Waals surface area (Å²) in [5.74, 6) is 0. The summed E-state index contributed by atoms with van der Waals surface area (Å²) >= 11 is 12.1. The van der Waals surface area contributed by atoms with E-state index in [0.29, 0.717) is 6.54 Å². The van der Waals surface area contributed by atoms with E-state index in [4.69, 9.17) is 23.2 Å². The molecule has 4 heteroatoms. The monoisotopic (exact) mass is 240 g/mol. The van der Waals surface area contributed by atoms with E-state index in [2.05, 4.69) is 4.98 Å². The Kier molecular flexibility index (Phi) is 3.29. The van der Waals surface area contributed by atoms with Crippen LogP contribution in [0.1, 0.15) is 10.9 Å². The van der Waals surface area contributed by atoms with E-state index >= 15 is 0 Å². The molecule has 0 saturated carbocycles. The average molecular weight is 241 g/mol. The average Bonchev–Trinajstić information content (AvgIpc) is 2.71. The van der Waals surface area contributed by atoms with Crippen LogP contribution in [0.25, 0.3) is 0 Å². The number of hydrogen-bond acceptors (Lipinski definition) is 1. The number of nitrogens with zero attached hydrogens (tertiary/aromatic N) is 2. The molecule has 1 aromatic carbocycles. The maximum atomic E-state index is 6.26. The third-order valence-corrected chi connectivity index (χ3v) is 2.80. The first-order chi connectivity index (χ1) is 7.25. The normalized spacial score (nSPS) is 12.7. The van der Waals surface area contributed by atoms with E-state index in [0.717, 1.165) is 10.6 Å². The minimum Gasteiger partial charge on any atom is -0.336 e. The molecule has 1 atom stereocenters.